The standard InChI is InChI=1S/C32H36N4O4S/c1-40-31(39)23-14-12-22(13-15-23)18-34-19-24(20-34)29(37)35-17-16-28-27(21-35)30(38)36(25-8-4-2-5-9-25)32(33-28)41-26-10-6-3-7-11-26/h2,4-5,8-9,12-15,24,26H,3,6-7,10-11,16-21H2,1H3. The molecule has 0 N–H and O–H groups in total. The lowest BCUT2D eigenvalue weighted by molar-refractivity contribution is -0.142. The normalized spacial score (nSPS) is 18.0. The van der Waals surface area contributed by atoms with E-state index in [9.17, 15) is 14.4 Å². The lowest BCUT2D eigenvalue weighted by Gasteiger charge is -2.41. The minimum atomic E-state index is -0.348. The molecule has 9 heteroatoms. The van der Waals surface area contributed by atoms with E-state index in [0.717, 1.165) is 41.5 Å². The number of thioether (sulfide) groups is 1. The van der Waals surface area contributed by atoms with Crippen LogP contribution < -0.4 is 5.56 Å². The van der Waals surface area contributed by atoms with Crippen LogP contribution in [0.15, 0.2) is 64.5 Å². The summed E-state index contributed by atoms with van der Waals surface area (Å²) in [5.41, 5.74) is 3.87. The van der Waals surface area contributed by atoms with Crippen molar-refractivity contribution in [3.05, 3.63) is 87.3 Å². The Labute approximate surface area is 244 Å². The van der Waals surface area contributed by atoms with Crippen molar-refractivity contribution in [3.8, 4) is 5.69 Å². The van der Waals surface area contributed by atoms with Gasteiger partial charge in [0.15, 0.2) is 5.16 Å². The average Bonchev–Trinajstić information content (AvgIpc) is 2.99. The van der Waals surface area contributed by atoms with Crippen molar-refractivity contribution < 1.29 is 14.3 Å². The molecule has 8 nitrogen and oxygen atoms in total. The number of fused-ring (bicyclic) bond motifs is 1. The third-order valence-corrected chi connectivity index (χ3v) is 9.73. The first-order valence-electron chi connectivity index (χ1n) is 14.6. The first-order chi connectivity index (χ1) is 20.0. The fourth-order valence-electron chi connectivity index (χ4n) is 6.09. The Balaban J connectivity index is 1.14. The summed E-state index contributed by atoms with van der Waals surface area (Å²) in [6.07, 6.45) is 6.67. The summed E-state index contributed by atoms with van der Waals surface area (Å²) >= 11 is 1.74. The van der Waals surface area contributed by atoms with Crippen LogP contribution in [-0.2, 0) is 29.0 Å². The fraction of sp³-hybridized carbons (Fsp3) is 0.438. The average molecular weight is 573 g/mol. The predicted molar refractivity (Wildman–Crippen MR) is 158 cm³/mol. The molecule has 214 valence electrons. The highest BCUT2D eigenvalue weighted by molar-refractivity contribution is 7.99. The largest absolute Gasteiger partial charge is 0.465 e. The third-order valence-electron chi connectivity index (χ3n) is 8.44. The second-order valence-corrected chi connectivity index (χ2v) is 12.5. The van der Waals surface area contributed by atoms with Crippen molar-refractivity contribution >= 4 is 23.6 Å². The molecule has 0 bridgehead atoms. The van der Waals surface area contributed by atoms with Gasteiger partial charge in [0.05, 0.1) is 42.1 Å². The Morgan fingerprint density at radius 2 is 1.73 bits per heavy atom. The number of methoxy groups -OCH3 is 1. The molecule has 1 saturated heterocycles. The van der Waals surface area contributed by atoms with Gasteiger partial charge in [-0.25, -0.2) is 9.78 Å². The SMILES string of the molecule is COC(=O)c1ccc(CN2CC(C(=O)N3CCc4nc(SC5CCCCC5)n(-c5ccccc5)c(=O)c4C3)C2)cc1. The molecule has 1 saturated carbocycles. The molecule has 0 radical (unpaired) electrons. The van der Waals surface area contributed by atoms with E-state index in [2.05, 4.69) is 4.90 Å². The maximum atomic E-state index is 14.0. The minimum Gasteiger partial charge on any atom is -0.465 e. The number of carbonyl (C=O) groups excluding carboxylic acids is 2. The number of likely N-dealkylation sites (tertiary alicyclic amines) is 1. The van der Waals surface area contributed by atoms with E-state index >= 15 is 0 Å². The first kappa shape index (κ1) is 27.7. The maximum Gasteiger partial charge on any atom is 0.337 e. The van der Waals surface area contributed by atoms with Crippen LogP contribution >= 0.6 is 11.8 Å². The van der Waals surface area contributed by atoms with Gasteiger partial charge in [0, 0.05) is 37.8 Å². The van der Waals surface area contributed by atoms with Crippen molar-refractivity contribution in [2.75, 3.05) is 26.7 Å². The number of carbonyl (C=O) groups is 2. The second-order valence-electron chi connectivity index (χ2n) is 11.3. The molecule has 3 aromatic rings. The van der Waals surface area contributed by atoms with Gasteiger partial charge >= 0.3 is 5.97 Å². The van der Waals surface area contributed by atoms with Crippen molar-refractivity contribution in [1.82, 2.24) is 19.4 Å². The van der Waals surface area contributed by atoms with Gasteiger partial charge in [-0.15, -0.1) is 0 Å². The van der Waals surface area contributed by atoms with Crippen LogP contribution in [0, 0.1) is 5.92 Å². The number of amides is 1. The van der Waals surface area contributed by atoms with Gasteiger partial charge in [0.25, 0.3) is 5.56 Å². The molecule has 41 heavy (non-hydrogen) atoms. The van der Waals surface area contributed by atoms with Crippen LogP contribution in [0.1, 0.15) is 59.3 Å². The lowest BCUT2D eigenvalue weighted by Crippen LogP contribution is -2.55. The summed E-state index contributed by atoms with van der Waals surface area (Å²) in [4.78, 5) is 48.2. The third kappa shape index (κ3) is 5.97. The van der Waals surface area contributed by atoms with E-state index in [4.69, 9.17) is 9.72 Å². The van der Waals surface area contributed by atoms with E-state index in [-0.39, 0.29) is 23.4 Å². The fourth-order valence-corrected chi connectivity index (χ4v) is 7.42. The predicted octanol–water partition coefficient (Wildman–Crippen LogP) is 4.46. The summed E-state index contributed by atoms with van der Waals surface area (Å²) < 4.78 is 6.53. The zero-order valence-corrected chi connectivity index (χ0v) is 24.3. The van der Waals surface area contributed by atoms with E-state index < -0.39 is 0 Å². The van der Waals surface area contributed by atoms with Crippen LogP contribution in [0.4, 0.5) is 0 Å². The van der Waals surface area contributed by atoms with Crippen LogP contribution in [0.3, 0.4) is 0 Å². The number of ether oxygens (including phenoxy) is 1. The lowest BCUT2D eigenvalue weighted by atomic mass is 9.95. The quantitative estimate of drug-likeness (QED) is 0.305. The molecule has 3 aliphatic rings. The molecule has 1 amide bonds. The topological polar surface area (TPSA) is 84.7 Å². The summed E-state index contributed by atoms with van der Waals surface area (Å²) in [6.45, 7) is 3.00. The number of hydrogen-bond donors (Lipinski definition) is 0. The van der Waals surface area contributed by atoms with E-state index in [1.165, 1.54) is 26.4 Å². The molecule has 6 rings (SSSR count). The number of rotatable bonds is 7. The highest BCUT2D eigenvalue weighted by Crippen LogP contribution is 2.34. The molecule has 2 fully saturated rings. The Bertz CT molecular complexity index is 1460. The van der Waals surface area contributed by atoms with Crippen LogP contribution in [-0.4, -0.2) is 63.2 Å². The molecular weight excluding hydrogens is 536 g/mol. The van der Waals surface area contributed by atoms with E-state index in [0.29, 0.717) is 49.0 Å². The summed E-state index contributed by atoms with van der Waals surface area (Å²) in [7, 11) is 1.37. The number of nitrogens with zero attached hydrogens (tertiary/aromatic N) is 4. The molecule has 0 unspecified atom stereocenters. The maximum absolute atomic E-state index is 14.0. The highest BCUT2D eigenvalue weighted by atomic mass is 32.2. The molecule has 0 atom stereocenters. The Kier molecular flexibility index (Phi) is 8.25. The number of esters is 1. The Morgan fingerprint density at radius 3 is 2.44 bits per heavy atom. The number of benzene rings is 2. The molecule has 0 spiro atoms. The number of para-hydroxylation sites is 1. The molecule has 2 aromatic carbocycles. The highest BCUT2D eigenvalue weighted by Gasteiger charge is 2.37. The van der Waals surface area contributed by atoms with Crippen molar-refractivity contribution in [1.29, 1.82) is 0 Å². The first-order valence-corrected chi connectivity index (χ1v) is 15.4. The van der Waals surface area contributed by atoms with Crippen LogP contribution in [0.2, 0.25) is 0 Å². The molecule has 1 aromatic heterocycles. The van der Waals surface area contributed by atoms with E-state index in [1.807, 2.05) is 47.4 Å². The van der Waals surface area contributed by atoms with Crippen molar-refractivity contribution in [3.63, 3.8) is 0 Å². The van der Waals surface area contributed by atoms with Crippen LogP contribution in [0.5, 0.6) is 0 Å². The van der Waals surface area contributed by atoms with Gasteiger partial charge in [-0.2, -0.15) is 0 Å². The van der Waals surface area contributed by atoms with Gasteiger partial charge in [-0.3, -0.25) is 19.1 Å². The summed E-state index contributed by atoms with van der Waals surface area (Å²) in [5.74, 6) is -0.310. The van der Waals surface area contributed by atoms with Gasteiger partial charge < -0.3 is 9.64 Å². The summed E-state index contributed by atoms with van der Waals surface area (Å²) in [5, 5.41) is 1.26. The molecule has 1 aliphatic carbocycles. The summed E-state index contributed by atoms with van der Waals surface area (Å²) in [6, 6.07) is 17.1. The number of aromatic nitrogens is 2. The zero-order valence-electron chi connectivity index (χ0n) is 23.5. The van der Waals surface area contributed by atoms with Crippen molar-refractivity contribution in [2.45, 2.75) is 62.0 Å². The zero-order chi connectivity index (χ0) is 28.3. The molecule has 3 heterocycles. The van der Waals surface area contributed by atoms with Crippen LogP contribution in [0.25, 0.3) is 5.69 Å². The van der Waals surface area contributed by atoms with Gasteiger partial charge in [0.2, 0.25) is 5.91 Å². The van der Waals surface area contributed by atoms with E-state index in [1.54, 1.807) is 28.5 Å². The molecule has 2 aliphatic heterocycles. The van der Waals surface area contributed by atoms with Crippen molar-refractivity contribution in [2.24, 2.45) is 5.92 Å². The second kappa shape index (κ2) is 12.2. The van der Waals surface area contributed by atoms with Gasteiger partial charge in [-0.05, 0) is 42.7 Å². The van der Waals surface area contributed by atoms with Gasteiger partial charge in [-0.1, -0.05) is 61.4 Å². The van der Waals surface area contributed by atoms with Gasteiger partial charge in [0.1, 0.15) is 0 Å². The smallest absolute Gasteiger partial charge is 0.337 e. The Morgan fingerprint density at radius 1 is 1.00 bits per heavy atom. The minimum absolute atomic E-state index is 0.0531. The monoisotopic (exact) mass is 572 g/mol. The number of hydrogen-bond acceptors (Lipinski definition) is 7. The Hall–Kier alpha value is -3.43. The molecular formula is C32H36N4O4S.